The normalized spacial score (nSPS) is 16.4. The van der Waals surface area contributed by atoms with Crippen LogP contribution in [0.4, 0.5) is 18.9 Å². The minimum Gasteiger partial charge on any atom is -0.360 e. The molecule has 0 spiro atoms. The van der Waals surface area contributed by atoms with Gasteiger partial charge in [0.1, 0.15) is 21.8 Å². The summed E-state index contributed by atoms with van der Waals surface area (Å²) >= 11 is 0.865. The molecule has 0 bridgehead atoms. The zero-order valence-corrected chi connectivity index (χ0v) is 22.5. The van der Waals surface area contributed by atoms with Crippen LogP contribution in [0.3, 0.4) is 0 Å². The maximum Gasteiger partial charge on any atom is 0.405 e. The number of hydrogen-bond acceptors (Lipinski definition) is 7. The Hall–Kier alpha value is -3.63. The van der Waals surface area contributed by atoms with Gasteiger partial charge in [-0.15, -0.1) is 11.3 Å². The highest BCUT2D eigenvalue weighted by molar-refractivity contribution is 7.07. The fraction of sp³-hybridized carbons (Fsp3) is 0.462. The second kappa shape index (κ2) is 12.0. The first-order chi connectivity index (χ1) is 18.6. The molecule has 2 aromatic heterocycles. The Bertz CT molecular complexity index is 1560. The van der Waals surface area contributed by atoms with Crippen LogP contribution in [0.15, 0.2) is 29.2 Å². The number of likely N-dealkylation sites (tertiary alicyclic amines) is 1. The van der Waals surface area contributed by atoms with Gasteiger partial charge in [-0.25, -0.2) is 0 Å². The number of nitrogens with one attached hydrogen (secondary N) is 2. The van der Waals surface area contributed by atoms with Crippen molar-refractivity contribution in [3.8, 4) is 6.07 Å². The molecule has 0 aliphatic carbocycles. The predicted octanol–water partition coefficient (Wildman–Crippen LogP) is 2.53. The van der Waals surface area contributed by atoms with Crippen molar-refractivity contribution < 1.29 is 18.0 Å². The maximum absolute atomic E-state index is 12.9. The van der Waals surface area contributed by atoms with Crippen molar-refractivity contribution in [2.45, 2.75) is 51.9 Å². The fourth-order valence-corrected chi connectivity index (χ4v) is 5.83. The predicted molar refractivity (Wildman–Crippen MR) is 144 cm³/mol. The first-order valence-corrected chi connectivity index (χ1v) is 13.6. The number of nitrogens with zero attached hydrogens (tertiary/aromatic N) is 5. The number of anilines is 1. The van der Waals surface area contributed by atoms with Crippen LogP contribution in [-0.4, -0.2) is 57.5 Å². The molecule has 1 aromatic carbocycles. The number of benzene rings is 1. The third-order valence-corrected chi connectivity index (χ3v) is 7.76. The molecule has 4 rings (SSSR count). The van der Waals surface area contributed by atoms with Crippen LogP contribution in [-0.2, 0) is 11.3 Å². The van der Waals surface area contributed by atoms with Crippen LogP contribution < -0.4 is 25.4 Å². The van der Waals surface area contributed by atoms with Crippen molar-refractivity contribution in [3.05, 3.63) is 43.9 Å². The minimum atomic E-state index is -4.62. The Morgan fingerprint density at radius 3 is 2.67 bits per heavy atom. The van der Waals surface area contributed by atoms with E-state index in [4.69, 9.17) is 0 Å². The first-order valence-electron chi connectivity index (χ1n) is 12.8. The van der Waals surface area contributed by atoms with Gasteiger partial charge in [0.2, 0.25) is 0 Å². The summed E-state index contributed by atoms with van der Waals surface area (Å²) in [4.78, 5) is 27.6. The lowest BCUT2D eigenvalue weighted by atomic mass is 10.0. The van der Waals surface area contributed by atoms with E-state index in [1.165, 1.54) is 10.8 Å². The highest BCUT2D eigenvalue weighted by Gasteiger charge is 2.29. The summed E-state index contributed by atoms with van der Waals surface area (Å²) in [6.45, 7) is 5.64. The summed E-state index contributed by atoms with van der Waals surface area (Å²) in [6, 6.07) is 7.77. The van der Waals surface area contributed by atoms with E-state index in [0.29, 0.717) is 11.7 Å². The van der Waals surface area contributed by atoms with Crippen LogP contribution in [0.1, 0.15) is 39.2 Å². The number of amides is 1. The Morgan fingerprint density at radius 2 is 2.03 bits per heavy atom. The summed E-state index contributed by atoms with van der Waals surface area (Å²) in [5.74, 6) is -1.18. The van der Waals surface area contributed by atoms with E-state index in [9.17, 15) is 28.0 Å². The average Bonchev–Trinajstić information content (AvgIpc) is 3.47. The minimum absolute atomic E-state index is 0.000521. The zero-order chi connectivity index (χ0) is 28.2. The monoisotopic (exact) mass is 561 g/mol. The van der Waals surface area contributed by atoms with E-state index in [2.05, 4.69) is 26.9 Å². The smallest absolute Gasteiger partial charge is 0.360 e. The topological polar surface area (TPSA) is 108 Å². The Morgan fingerprint density at radius 1 is 1.28 bits per heavy atom. The number of thiazole rings is 1. The number of alkyl halides is 3. The average molecular weight is 562 g/mol. The number of halogens is 3. The number of carbonyl (C=O) groups excluding carboxylic acids is 1. The summed E-state index contributed by atoms with van der Waals surface area (Å²) in [5.41, 5.74) is 0.742. The van der Waals surface area contributed by atoms with Crippen LogP contribution in [0, 0.1) is 11.3 Å². The lowest BCUT2D eigenvalue weighted by molar-refractivity contribution is -0.135. The van der Waals surface area contributed by atoms with Crippen LogP contribution in [0.5, 0.6) is 0 Å². The van der Waals surface area contributed by atoms with Gasteiger partial charge in [-0.3, -0.25) is 18.8 Å². The standard InChI is InChI=1S/C26H30F3N7O2S/c1-3-9-34-10-7-19(8-11-34)36-21-6-5-18(12-17(21)14-33-36)31-15-22-24(38)35(4-2)25(39-22)20(13-30)23(37)32-16-26(27,28)29/h5-6,12,14-15,19,31H,3-4,7-11,16H2,1-2H3,(H,32,37)/b22-15-,25-20+. The van der Waals surface area contributed by atoms with E-state index in [1.54, 1.807) is 18.3 Å². The van der Waals surface area contributed by atoms with Gasteiger partial charge in [-0.1, -0.05) is 6.92 Å². The lowest BCUT2D eigenvalue weighted by Crippen LogP contribution is -2.37. The Balaban J connectivity index is 1.57. The van der Waals surface area contributed by atoms with Gasteiger partial charge in [-0.05, 0) is 50.9 Å². The van der Waals surface area contributed by atoms with Gasteiger partial charge in [0.05, 0.1) is 17.8 Å². The van der Waals surface area contributed by atoms with Crippen molar-refractivity contribution in [3.63, 3.8) is 0 Å². The maximum atomic E-state index is 12.9. The fourth-order valence-electron chi connectivity index (χ4n) is 4.74. The molecule has 1 aliphatic heterocycles. The molecule has 208 valence electrons. The first kappa shape index (κ1) is 28.4. The molecule has 3 aromatic rings. The summed E-state index contributed by atoms with van der Waals surface area (Å²) < 4.78 is 41.0. The molecule has 39 heavy (non-hydrogen) atoms. The van der Waals surface area contributed by atoms with Gasteiger partial charge in [0.25, 0.3) is 11.5 Å². The molecule has 1 aliphatic rings. The molecular formula is C26H30F3N7O2S. The quantitative estimate of drug-likeness (QED) is 0.438. The molecule has 1 amide bonds. The molecule has 13 heteroatoms. The van der Waals surface area contributed by atoms with Crippen LogP contribution in [0.25, 0.3) is 22.7 Å². The van der Waals surface area contributed by atoms with E-state index in [-0.39, 0.29) is 15.7 Å². The highest BCUT2D eigenvalue weighted by Crippen LogP contribution is 2.27. The van der Waals surface area contributed by atoms with E-state index in [1.807, 2.05) is 24.4 Å². The molecule has 1 fully saturated rings. The SMILES string of the molecule is CCCN1CCC(n2ncc3cc(N/C=c4\s/c(=C(\C#N)C(=O)NCC(F)(F)F)n(CC)c4=O)ccc32)CC1. The molecule has 3 heterocycles. The van der Waals surface area contributed by atoms with Gasteiger partial charge in [0, 0.05) is 36.9 Å². The second-order valence-electron chi connectivity index (χ2n) is 9.33. The van der Waals surface area contributed by atoms with Crippen molar-refractivity contribution in [2.24, 2.45) is 0 Å². The van der Waals surface area contributed by atoms with Crippen LogP contribution >= 0.6 is 11.3 Å². The number of piperidine rings is 1. The molecule has 0 saturated carbocycles. The Labute approximate surface area is 226 Å². The van der Waals surface area contributed by atoms with E-state index < -0.39 is 29.8 Å². The zero-order valence-electron chi connectivity index (χ0n) is 21.7. The molecule has 0 atom stereocenters. The highest BCUT2D eigenvalue weighted by atomic mass is 32.1. The molecular weight excluding hydrogens is 531 g/mol. The van der Waals surface area contributed by atoms with Crippen molar-refractivity contribution in [1.82, 2.24) is 24.6 Å². The number of aromatic nitrogens is 3. The van der Waals surface area contributed by atoms with Gasteiger partial charge in [0.15, 0.2) is 5.57 Å². The second-order valence-corrected chi connectivity index (χ2v) is 10.4. The molecule has 9 nitrogen and oxygen atoms in total. The van der Waals surface area contributed by atoms with Gasteiger partial charge in [-0.2, -0.15) is 23.5 Å². The third kappa shape index (κ3) is 6.51. The molecule has 1 saturated heterocycles. The van der Waals surface area contributed by atoms with E-state index >= 15 is 0 Å². The third-order valence-electron chi connectivity index (χ3n) is 6.63. The number of hydrogen-bond donors (Lipinski definition) is 2. The summed E-state index contributed by atoms with van der Waals surface area (Å²) in [5, 5.41) is 19.8. The molecule has 0 radical (unpaired) electrons. The number of rotatable bonds is 8. The van der Waals surface area contributed by atoms with E-state index in [0.717, 1.165) is 61.1 Å². The molecule has 2 N–H and O–H groups in total. The summed E-state index contributed by atoms with van der Waals surface area (Å²) in [6.07, 6.45) is 1.91. The number of carbonyl (C=O) groups is 1. The summed E-state index contributed by atoms with van der Waals surface area (Å²) in [7, 11) is 0. The van der Waals surface area contributed by atoms with Crippen LogP contribution in [0.2, 0.25) is 0 Å². The van der Waals surface area contributed by atoms with Gasteiger partial charge >= 0.3 is 6.18 Å². The number of nitriles is 1. The van der Waals surface area contributed by atoms with Crippen molar-refractivity contribution >= 4 is 45.6 Å². The van der Waals surface area contributed by atoms with Crippen molar-refractivity contribution in [1.29, 1.82) is 5.26 Å². The lowest BCUT2D eigenvalue weighted by Gasteiger charge is -2.32. The van der Waals surface area contributed by atoms with Crippen molar-refractivity contribution in [2.75, 3.05) is 31.5 Å². The largest absolute Gasteiger partial charge is 0.405 e. The molecule has 0 unspecified atom stereocenters. The Kier molecular flexibility index (Phi) is 8.76. The number of fused-ring (bicyclic) bond motifs is 1. The van der Waals surface area contributed by atoms with Gasteiger partial charge < -0.3 is 15.5 Å².